The van der Waals surface area contributed by atoms with Gasteiger partial charge in [-0.2, -0.15) is 0 Å². The summed E-state index contributed by atoms with van der Waals surface area (Å²) < 4.78 is 1.63. The monoisotopic (exact) mass is 336 g/mol. The van der Waals surface area contributed by atoms with Gasteiger partial charge >= 0.3 is 0 Å². The van der Waals surface area contributed by atoms with Crippen LogP contribution >= 0.6 is 0 Å². The topological polar surface area (TPSA) is 85.6 Å². The van der Waals surface area contributed by atoms with E-state index in [2.05, 4.69) is 25.8 Å². The third-order valence-corrected chi connectivity index (χ3v) is 3.95. The molecule has 0 fully saturated rings. The molecule has 0 aliphatic heterocycles. The Morgan fingerprint density at radius 1 is 1.24 bits per heavy atom. The number of nitrogens with one attached hydrogen (secondary N) is 1. The van der Waals surface area contributed by atoms with E-state index in [-0.39, 0.29) is 11.9 Å². The van der Waals surface area contributed by atoms with Crippen molar-refractivity contribution in [2.75, 3.05) is 0 Å². The summed E-state index contributed by atoms with van der Waals surface area (Å²) in [5.41, 5.74) is 3.80. The molecule has 0 saturated carbocycles. The summed E-state index contributed by atoms with van der Waals surface area (Å²) in [5, 5.41) is 14.0. The van der Waals surface area contributed by atoms with Gasteiger partial charge in [0, 0.05) is 29.9 Å². The summed E-state index contributed by atoms with van der Waals surface area (Å²) in [6.07, 6.45) is 4.04. The van der Waals surface area contributed by atoms with Crippen LogP contribution in [0.15, 0.2) is 48.9 Å². The highest BCUT2D eigenvalue weighted by atomic mass is 16.1. The van der Waals surface area contributed by atoms with Gasteiger partial charge in [0.05, 0.1) is 6.54 Å². The quantitative estimate of drug-likeness (QED) is 0.742. The molecule has 1 atom stereocenters. The molecule has 0 saturated heterocycles. The summed E-state index contributed by atoms with van der Waals surface area (Å²) in [7, 11) is 0. The molecule has 2 heterocycles. The molecule has 1 N–H and O–H groups in total. The Balaban J connectivity index is 1.58. The highest BCUT2D eigenvalue weighted by Gasteiger charge is 2.12. The number of aromatic nitrogens is 5. The zero-order chi connectivity index (χ0) is 17.6. The van der Waals surface area contributed by atoms with Crippen molar-refractivity contribution in [2.24, 2.45) is 0 Å². The Hall–Kier alpha value is -3.09. The van der Waals surface area contributed by atoms with Gasteiger partial charge in [0.1, 0.15) is 6.33 Å². The zero-order valence-corrected chi connectivity index (χ0v) is 14.3. The van der Waals surface area contributed by atoms with Gasteiger partial charge in [0.15, 0.2) is 0 Å². The molecular formula is C18H20N6O. The highest BCUT2D eigenvalue weighted by Crippen LogP contribution is 2.09. The van der Waals surface area contributed by atoms with E-state index in [1.807, 2.05) is 50.2 Å². The molecule has 0 radical (unpaired) electrons. The number of benzene rings is 1. The smallest absolute Gasteiger partial charge is 0.251 e. The second-order valence-corrected chi connectivity index (χ2v) is 6.05. The molecule has 25 heavy (non-hydrogen) atoms. The second kappa shape index (κ2) is 7.65. The standard InChI is InChI=1S/C18H20N6O/c1-13-4-3-9-19-17(13)10-14(2)21-18(25)16-7-5-15(6-8-16)11-24-12-20-22-23-24/h3-9,12,14H,10-11H2,1-2H3,(H,21,25)/t14-/m1/s1. The van der Waals surface area contributed by atoms with Crippen LogP contribution in [-0.2, 0) is 13.0 Å². The maximum Gasteiger partial charge on any atom is 0.251 e. The summed E-state index contributed by atoms with van der Waals surface area (Å²) in [6, 6.07) is 11.4. The van der Waals surface area contributed by atoms with Crippen LogP contribution in [0.3, 0.4) is 0 Å². The molecule has 1 aromatic carbocycles. The highest BCUT2D eigenvalue weighted by molar-refractivity contribution is 5.94. The first kappa shape index (κ1) is 16.8. The first-order valence-electron chi connectivity index (χ1n) is 8.13. The minimum absolute atomic E-state index is 0.00185. The van der Waals surface area contributed by atoms with E-state index in [4.69, 9.17) is 0 Å². The van der Waals surface area contributed by atoms with Crippen LogP contribution in [0.4, 0.5) is 0 Å². The van der Waals surface area contributed by atoms with Crippen LogP contribution in [0.1, 0.15) is 34.1 Å². The van der Waals surface area contributed by atoms with E-state index in [1.165, 1.54) is 0 Å². The lowest BCUT2D eigenvalue weighted by atomic mass is 10.1. The molecular weight excluding hydrogens is 316 g/mol. The number of carbonyl (C=O) groups is 1. The fraction of sp³-hybridized carbons (Fsp3) is 0.278. The van der Waals surface area contributed by atoms with Gasteiger partial charge in [-0.05, 0) is 53.6 Å². The number of hydrogen-bond acceptors (Lipinski definition) is 5. The van der Waals surface area contributed by atoms with Crippen LogP contribution in [-0.4, -0.2) is 37.1 Å². The van der Waals surface area contributed by atoms with Gasteiger partial charge in [0.2, 0.25) is 0 Å². The molecule has 2 aromatic heterocycles. The zero-order valence-electron chi connectivity index (χ0n) is 14.3. The Morgan fingerprint density at radius 3 is 2.72 bits per heavy atom. The summed E-state index contributed by atoms with van der Waals surface area (Å²) in [5.74, 6) is -0.0879. The molecule has 7 nitrogen and oxygen atoms in total. The van der Waals surface area contributed by atoms with Crippen molar-refractivity contribution in [1.82, 2.24) is 30.5 Å². The molecule has 3 aromatic rings. The van der Waals surface area contributed by atoms with E-state index < -0.39 is 0 Å². The first-order chi connectivity index (χ1) is 12.1. The van der Waals surface area contributed by atoms with Crippen LogP contribution in [0.5, 0.6) is 0 Å². The van der Waals surface area contributed by atoms with Crippen LogP contribution in [0.2, 0.25) is 0 Å². The third-order valence-electron chi connectivity index (χ3n) is 3.95. The Morgan fingerprint density at radius 2 is 2.04 bits per heavy atom. The number of hydrogen-bond donors (Lipinski definition) is 1. The van der Waals surface area contributed by atoms with Crippen molar-refractivity contribution in [3.8, 4) is 0 Å². The van der Waals surface area contributed by atoms with Gasteiger partial charge in [-0.15, -0.1) is 5.10 Å². The van der Waals surface area contributed by atoms with Crippen molar-refractivity contribution in [1.29, 1.82) is 0 Å². The van der Waals surface area contributed by atoms with E-state index in [0.717, 1.165) is 16.8 Å². The maximum atomic E-state index is 12.4. The minimum atomic E-state index is -0.0879. The van der Waals surface area contributed by atoms with Crippen LogP contribution in [0, 0.1) is 6.92 Å². The summed E-state index contributed by atoms with van der Waals surface area (Å²) in [6.45, 7) is 4.59. The third kappa shape index (κ3) is 4.47. The Labute approximate surface area is 146 Å². The Bertz CT molecular complexity index is 829. The molecule has 0 unspecified atom stereocenters. The predicted octanol–water partition coefficient (Wildman–Crippen LogP) is 1.79. The van der Waals surface area contributed by atoms with Crippen molar-refractivity contribution >= 4 is 5.91 Å². The number of amides is 1. The van der Waals surface area contributed by atoms with E-state index in [0.29, 0.717) is 18.5 Å². The van der Waals surface area contributed by atoms with E-state index in [9.17, 15) is 4.79 Å². The molecule has 0 aliphatic carbocycles. The van der Waals surface area contributed by atoms with Gasteiger partial charge < -0.3 is 5.32 Å². The SMILES string of the molecule is Cc1cccnc1C[C@@H](C)NC(=O)c1ccc(Cn2cnnn2)cc1. The van der Waals surface area contributed by atoms with E-state index >= 15 is 0 Å². The number of tetrazole rings is 1. The number of aryl methyl sites for hydroxylation is 1. The van der Waals surface area contributed by atoms with Gasteiger partial charge in [0.25, 0.3) is 5.91 Å². The molecule has 0 spiro atoms. The average molecular weight is 336 g/mol. The number of rotatable bonds is 6. The fourth-order valence-corrected chi connectivity index (χ4v) is 2.58. The lowest BCUT2D eigenvalue weighted by molar-refractivity contribution is 0.0940. The molecule has 0 aliphatic rings. The van der Waals surface area contributed by atoms with Gasteiger partial charge in [-0.25, -0.2) is 4.68 Å². The van der Waals surface area contributed by atoms with Gasteiger partial charge in [-0.3, -0.25) is 9.78 Å². The first-order valence-corrected chi connectivity index (χ1v) is 8.13. The lowest BCUT2D eigenvalue weighted by Crippen LogP contribution is -2.34. The summed E-state index contributed by atoms with van der Waals surface area (Å²) in [4.78, 5) is 16.8. The molecule has 128 valence electrons. The lowest BCUT2D eigenvalue weighted by Gasteiger charge is -2.15. The van der Waals surface area contributed by atoms with Crippen molar-refractivity contribution in [3.05, 3.63) is 71.3 Å². The maximum absolute atomic E-state index is 12.4. The van der Waals surface area contributed by atoms with Crippen LogP contribution in [0.25, 0.3) is 0 Å². The second-order valence-electron chi connectivity index (χ2n) is 6.05. The molecule has 3 rings (SSSR count). The largest absolute Gasteiger partial charge is 0.349 e. The summed E-state index contributed by atoms with van der Waals surface area (Å²) >= 11 is 0. The Kier molecular flexibility index (Phi) is 5.13. The fourth-order valence-electron chi connectivity index (χ4n) is 2.58. The number of pyridine rings is 1. The van der Waals surface area contributed by atoms with Crippen molar-refractivity contribution in [3.63, 3.8) is 0 Å². The van der Waals surface area contributed by atoms with Crippen LogP contribution < -0.4 is 5.32 Å². The van der Waals surface area contributed by atoms with E-state index in [1.54, 1.807) is 17.2 Å². The van der Waals surface area contributed by atoms with Crippen molar-refractivity contribution in [2.45, 2.75) is 32.9 Å². The average Bonchev–Trinajstić information content (AvgIpc) is 3.10. The van der Waals surface area contributed by atoms with Gasteiger partial charge in [-0.1, -0.05) is 18.2 Å². The molecule has 1 amide bonds. The molecule has 0 bridgehead atoms. The minimum Gasteiger partial charge on any atom is -0.349 e. The number of nitrogens with zero attached hydrogens (tertiary/aromatic N) is 5. The van der Waals surface area contributed by atoms with Crippen molar-refractivity contribution < 1.29 is 4.79 Å². The molecule has 7 heteroatoms. The number of carbonyl (C=O) groups excluding carboxylic acids is 1. The predicted molar refractivity (Wildman–Crippen MR) is 93.0 cm³/mol. The normalized spacial score (nSPS) is 11.9.